The highest BCUT2D eigenvalue weighted by Gasteiger charge is 2.51. The van der Waals surface area contributed by atoms with Crippen molar-refractivity contribution < 1.29 is 9.53 Å². The van der Waals surface area contributed by atoms with E-state index in [0.717, 1.165) is 31.5 Å². The van der Waals surface area contributed by atoms with E-state index in [1.165, 1.54) is 18.4 Å². The van der Waals surface area contributed by atoms with Gasteiger partial charge in [-0.3, -0.25) is 9.80 Å². The van der Waals surface area contributed by atoms with Gasteiger partial charge in [-0.15, -0.1) is 0 Å². The van der Waals surface area contributed by atoms with Gasteiger partial charge in [-0.1, -0.05) is 60.7 Å². The maximum Gasteiger partial charge on any atom is 0.410 e. The van der Waals surface area contributed by atoms with Crippen molar-refractivity contribution in [3.8, 4) is 0 Å². The molecule has 0 radical (unpaired) electrons. The van der Waals surface area contributed by atoms with Gasteiger partial charge in [-0.25, -0.2) is 4.79 Å². The summed E-state index contributed by atoms with van der Waals surface area (Å²) in [4.78, 5) is 17.8. The van der Waals surface area contributed by atoms with E-state index < -0.39 is 5.60 Å². The van der Waals surface area contributed by atoms with Crippen molar-refractivity contribution >= 4 is 6.09 Å². The molecule has 1 saturated heterocycles. The molecule has 4 nitrogen and oxygen atoms in total. The molecule has 1 atom stereocenters. The van der Waals surface area contributed by atoms with Crippen LogP contribution in [-0.4, -0.2) is 39.6 Å². The molecule has 4 rings (SSSR count). The minimum atomic E-state index is -0.498. The quantitative estimate of drug-likeness (QED) is 0.646. The molecule has 1 amide bonds. The van der Waals surface area contributed by atoms with Crippen LogP contribution in [0.2, 0.25) is 0 Å². The third-order valence-electron chi connectivity index (χ3n) is 6.35. The molecule has 30 heavy (non-hydrogen) atoms. The zero-order valence-corrected chi connectivity index (χ0v) is 18.5. The molecule has 2 aromatic rings. The standard InChI is InChI=1S/C26H34N2O2/c1-25(2,3)30-24(29)28(19-22-12-8-5-9-13-22)23-14-15-26(16-17-26)27(20-23)18-21-10-6-4-7-11-21/h4-13,23H,14-20H2,1-3H3/t23-/m0/s1. The smallest absolute Gasteiger partial charge is 0.410 e. The SMILES string of the molecule is CC(C)(C)OC(=O)N(Cc1ccccc1)[C@H]1CCC2(CC2)N(Cc2ccccc2)C1. The topological polar surface area (TPSA) is 32.8 Å². The molecule has 160 valence electrons. The maximum atomic E-state index is 13.2. The van der Waals surface area contributed by atoms with Crippen molar-refractivity contribution in [3.05, 3.63) is 71.8 Å². The summed E-state index contributed by atoms with van der Waals surface area (Å²) in [7, 11) is 0. The number of ether oxygens (including phenoxy) is 1. The molecule has 1 spiro atoms. The second kappa shape index (κ2) is 8.43. The summed E-state index contributed by atoms with van der Waals surface area (Å²) in [5.74, 6) is 0. The average Bonchev–Trinajstić information content (AvgIpc) is 3.49. The van der Waals surface area contributed by atoms with Crippen LogP contribution in [0.5, 0.6) is 0 Å². The van der Waals surface area contributed by atoms with E-state index in [9.17, 15) is 4.79 Å². The van der Waals surface area contributed by atoms with Crippen LogP contribution >= 0.6 is 0 Å². The Bertz CT molecular complexity index is 840. The Kier molecular flexibility index (Phi) is 5.88. The maximum absolute atomic E-state index is 13.2. The van der Waals surface area contributed by atoms with Crippen molar-refractivity contribution in [2.24, 2.45) is 0 Å². The molecule has 2 aromatic carbocycles. The van der Waals surface area contributed by atoms with Gasteiger partial charge in [0.2, 0.25) is 0 Å². The molecule has 0 N–H and O–H groups in total. The van der Waals surface area contributed by atoms with Gasteiger partial charge < -0.3 is 4.74 Å². The summed E-state index contributed by atoms with van der Waals surface area (Å²) in [5, 5.41) is 0. The van der Waals surface area contributed by atoms with Crippen LogP contribution in [-0.2, 0) is 17.8 Å². The van der Waals surface area contributed by atoms with Gasteiger partial charge >= 0.3 is 6.09 Å². The second-order valence-electron chi connectivity index (χ2n) is 9.88. The fourth-order valence-electron chi connectivity index (χ4n) is 4.58. The first kappa shape index (κ1) is 20.9. The third kappa shape index (κ3) is 5.04. The van der Waals surface area contributed by atoms with E-state index in [-0.39, 0.29) is 12.1 Å². The molecule has 1 saturated carbocycles. The summed E-state index contributed by atoms with van der Waals surface area (Å²) >= 11 is 0. The molecule has 2 fully saturated rings. The summed E-state index contributed by atoms with van der Waals surface area (Å²) in [6, 6.07) is 21.1. The molecule has 1 heterocycles. The number of hydrogen-bond acceptors (Lipinski definition) is 3. The zero-order chi connectivity index (χ0) is 21.2. The van der Waals surface area contributed by atoms with E-state index >= 15 is 0 Å². The number of likely N-dealkylation sites (tertiary alicyclic amines) is 1. The predicted molar refractivity (Wildman–Crippen MR) is 120 cm³/mol. The van der Waals surface area contributed by atoms with E-state index in [2.05, 4.69) is 47.4 Å². The van der Waals surface area contributed by atoms with Crippen LogP contribution in [0.1, 0.15) is 57.6 Å². The van der Waals surface area contributed by atoms with Crippen LogP contribution in [0.25, 0.3) is 0 Å². The Morgan fingerprint density at radius 1 is 1.00 bits per heavy atom. The van der Waals surface area contributed by atoms with Crippen LogP contribution in [0.3, 0.4) is 0 Å². The van der Waals surface area contributed by atoms with E-state index in [1.54, 1.807) is 0 Å². The normalized spacial score (nSPS) is 20.7. The molecule has 0 bridgehead atoms. The largest absolute Gasteiger partial charge is 0.444 e. The van der Waals surface area contributed by atoms with E-state index in [1.807, 2.05) is 43.9 Å². The summed E-state index contributed by atoms with van der Waals surface area (Å²) < 4.78 is 5.81. The van der Waals surface area contributed by atoms with Crippen LogP contribution < -0.4 is 0 Å². The first-order valence-electron chi connectivity index (χ1n) is 11.2. The van der Waals surface area contributed by atoms with Crippen molar-refractivity contribution in [1.82, 2.24) is 9.80 Å². The molecule has 4 heteroatoms. The van der Waals surface area contributed by atoms with Gasteiger partial charge in [-0.2, -0.15) is 0 Å². The van der Waals surface area contributed by atoms with Crippen molar-refractivity contribution in [3.63, 3.8) is 0 Å². The van der Waals surface area contributed by atoms with Crippen molar-refractivity contribution in [2.45, 2.75) is 76.7 Å². The van der Waals surface area contributed by atoms with Crippen molar-refractivity contribution in [1.29, 1.82) is 0 Å². The second-order valence-corrected chi connectivity index (χ2v) is 9.88. The van der Waals surface area contributed by atoms with E-state index in [0.29, 0.717) is 12.1 Å². The highest BCUT2D eigenvalue weighted by atomic mass is 16.6. The zero-order valence-electron chi connectivity index (χ0n) is 18.5. The Labute approximate surface area is 180 Å². The molecular formula is C26H34N2O2. The number of piperidine rings is 1. The molecule has 2 aliphatic rings. The molecule has 0 unspecified atom stereocenters. The highest BCUT2D eigenvalue weighted by molar-refractivity contribution is 5.68. The number of hydrogen-bond donors (Lipinski definition) is 0. The van der Waals surface area contributed by atoms with E-state index in [4.69, 9.17) is 4.74 Å². The van der Waals surface area contributed by atoms with Crippen LogP contribution in [0, 0.1) is 0 Å². The minimum Gasteiger partial charge on any atom is -0.444 e. The van der Waals surface area contributed by atoms with Crippen LogP contribution in [0.4, 0.5) is 4.79 Å². The highest BCUT2D eigenvalue weighted by Crippen LogP contribution is 2.49. The summed E-state index contributed by atoms with van der Waals surface area (Å²) in [5.41, 5.74) is 2.34. The monoisotopic (exact) mass is 406 g/mol. The molecule has 0 aromatic heterocycles. The Morgan fingerprint density at radius 3 is 2.17 bits per heavy atom. The first-order chi connectivity index (χ1) is 14.3. The predicted octanol–water partition coefficient (Wildman–Crippen LogP) is 5.62. The summed E-state index contributed by atoms with van der Waals surface area (Å²) in [6.45, 7) is 8.26. The number of rotatable bonds is 5. The fraction of sp³-hybridized carbons (Fsp3) is 0.500. The number of carbonyl (C=O) groups is 1. The van der Waals surface area contributed by atoms with Crippen LogP contribution in [0.15, 0.2) is 60.7 Å². The lowest BCUT2D eigenvalue weighted by Crippen LogP contribution is -2.54. The summed E-state index contributed by atoms with van der Waals surface area (Å²) in [6.07, 6.45) is 4.54. The lowest BCUT2D eigenvalue weighted by Gasteiger charge is -2.44. The Balaban J connectivity index is 1.54. The molecule has 1 aliphatic carbocycles. The molecular weight excluding hydrogens is 372 g/mol. The lowest BCUT2D eigenvalue weighted by atomic mass is 9.94. The minimum absolute atomic E-state index is 0.162. The first-order valence-corrected chi connectivity index (χ1v) is 11.2. The number of nitrogens with zero attached hydrogens (tertiary/aromatic N) is 2. The number of amides is 1. The van der Waals surface area contributed by atoms with Gasteiger partial charge in [0.1, 0.15) is 5.60 Å². The van der Waals surface area contributed by atoms with Gasteiger partial charge in [-0.05, 0) is 57.6 Å². The van der Waals surface area contributed by atoms with Gasteiger partial charge in [0.25, 0.3) is 0 Å². The number of carbonyl (C=O) groups excluding carboxylic acids is 1. The molecule has 1 aliphatic heterocycles. The lowest BCUT2D eigenvalue weighted by molar-refractivity contribution is -0.00714. The van der Waals surface area contributed by atoms with Gasteiger partial charge in [0, 0.05) is 31.2 Å². The average molecular weight is 407 g/mol. The van der Waals surface area contributed by atoms with Crippen molar-refractivity contribution in [2.75, 3.05) is 6.54 Å². The Morgan fingerprint density at radius 2 is 1.60 bits per heavy atom. The fourth-order valence-corrected chi connectivity index (χ4v) is 4.58. The Hall–Kier alpha value is -2.33. The number of benzene rings is 2. The third-order valence-corrected chi connectivity index (χ3v) is 6.35. The van der Waals surface area contributed by atoms with Gasteiger partial charge in [0.05, 0.1) is 0 Å². The van der Waals surface area contributed by atoms with Gasteiger partial charge in [0.15, 0.2) is 0 Å².